The van der Waals surface area contributed by atoms with Crippen molar-refractivity contribution in [1.29, 1.82) is 0 Å². The number of aromatic nitrogens is 2. The van der Waals surface area contributed by atoms with Crippen LogP contribution in [0.15, 0.2) is 12.3 Å². The quantitative estimate of drug-likeness (QED) is 0.904. The van der Waals surface area contributed by atoms with Crippen LogP contribution < -0.4 is 5.73 Å². The molecule has 1 unspecified atom stereocenters. The average Bonchev–Trinajstić information content (AvgIpc) is 2.86. The molecule has 2 rings (SSSR count). The maximum atomic E-state index is 12.0. The molecule has 0 aromatic carbocycles. The molecule has 6 nitrogen and oxygen atoms in total. The Kier molecular flexibility index (Phi) is 5.92. The minimum atomic E-state index is -0.462. The number of carbonyl (C=O) groups is 1. The predicted octanol–water partition coefficient (Wildman–Crippen LogP) is 2.08. The summed E-state index contributed by atoms with van der Waals surface area (Å²) in [5.41, 5.74) is 6.04. The van der Waals surface area contributed by atoms with Crippen molar-refractivity contribution in [2.24, 2.45) is 5.73 Å². The Hall–Kier alpha value is -1.40. The second kappa shape index (κ2) is 7.04. The zero-order valence-corrected chi connectivity index (χ0v) is 13.5. The van der Waals surface area contributed by atoms with Gasteiger partial charge in [-0.2, -0.15) is 0 Å². The molecule has 1 fully saturated rings. The Bertz CT molecular complexity index is 490. The molecule has 2 heterocycles. The highest BCUT2D eigenvalue weighted by atomic mass is 35.5. The molecule has 1 aliphatic heterocycles. The third-order valence-electron chi connectivity index (χ3n) is 3.17. The molecule has 0 bridgehead atoms. The first-order chi connectivity index (χ1) is 9.39. The zero-order chi connectivity index (χ0) is 14.8. The Morgan fingerprint density at radius 3 is 2.86 bits per heavy atom. The first kappa shape index (κ1) is 17.7. The minimum absolute atomic E-state index is 0. The highest BCUT2D eigenvalue weighted by Gasteiger charge is 2.31. The van der Waals surface area contributed by atoms with E-state index in [-0.39, 0.29) is 24.4 Å². The Morgan fingerprint density at radius 1 is 1.52 bits per heavy atom. The molecule has 21 heavy (non-hydrogen) atoms. The van der Waals surface area contributed by atoms with Crippen molar-refractivity contribution in [2.75, 3.05) is 13.1 Å². The average molecular weight is 315 g/mol. The number of hydrogen-bond donors (Lipinski definition) is 1. The first-order valence-electron chi connectivity index (χ1n) is 6.89. The fraction of sp³-hybridized carbons (Fsp3) is 0.643. The smallest absolute Gasteiger partial charge is 0.410 e. The number of nitrogens with zero attached hydrogens (tertiary/aromatic N) is 3. The second-order valence-electron chi connectivity index (χ2n) is 6.01. The van der Waals surface area contributed by atoms with Crippen molar-refractivity contribution < 1.29 is 9.53 Å². The predicted molar refractivity (Wildman–Crippen MR) is 82.3 cm³/mol. The molecular formula is C14H23ClN4O2. The van der Waals surface area contributed by atoms with E-state index in [1.54, 1.807) is 11.1 Å². The van der Waals surface area contributed by atoms with E-state index in [9.17, 15) is 4.79 Å². The molecule has 1 amide bonds. The van der Waals surface area contributed by atoms with Crippen LogP contribution in [0.4, 0.5) is 4.79 Å². The number of halogens is 1. The molecule has 0 radical (unpaired) electrons. The van der Waals surface area contributed by atoms with Gasteiger partial charge in [0.1, 0.15) is 11.4 Å². The standard InChI is InChI=1S/C14H22N4O2.ClH/c1-14(2,3)20-13(19)18-7-5-10(9-18)11-4-6-16-12(8-15)17-11;/h4,6,10H,5,7-9,15H2,1-3H3;1H. The van der Waals surface area contributed by atoms with E-state index in [0.29, 0.717) is 25.5 Å². The third kappa shape index (κ3) is 4.82. The lowest BCUT2D eigenvalue weighted by Gasteiger charge is -2.24. The third-order valence-corrected chi connectivity index (χ3v) is 3.17. The lowest BCUT2D eigenvalue weighted by molar-refractivity contribution is 0.0292. The molecule has 0 aliphatic carbocycles. The van der Waals surface area contributed by atoms with Gasteiger partial charge in [0.15, 0.2) is 0 Å². The lowest BCUT2D eigenvalue weighted by atomic mass is 10.1. The SMILES string of the molecule is CC(C)(C)OC(=O)N1CCC(c2ccnc(CN)n2)C1.Cl. The zero-order valence-electron chi connectivity index (χ0n) is 12.7. The number of carbonyl (C=O) groups excluding carboxylic acids is 1. The maximum absolute atomic E-state index is 12.0. The van der Waals surface area contributed by atoms with Crippen molar-refractivity contribution in [3.63, 3.8) is 0 Å². The van der Waals surface area contributed by atoms with Gasteiger partial charge in [-0.15, -0.1) is 12.4 Å². The highest BCUT2D eigenvalue weighted by Crippen LogP contribution is 2.26. The number of nitrogens with two attached hydrogens (primary N) is 1. The summed E-state index contributed by atoms with van der Waals surface area (Å²) in [6.45, 7) is 7.27. The van der Waals surface area contributed by atoms with Crippen LogP contribution in [0.1, 0.15) is 44.6 Å². The topological polar surface area (TPSA) is 81.3 Å². The minimum Gasteiger partial charge on any atom is -0.444 e. The molecule has 1 atom stereocenters. The Morgan fingerprint density at radius 2 is 2.24 bits per heavy atom. The Labute approximate surface area is 131 Å². The summed E-state index contributed by atoms with van der Waals surface area (Å²) in [4.78, 5) is 22.3. The number of ether oxygens (including phenoxy) is 1. The van der Waals surface area contributed by atoms with Crippen LogP contribution in [0, 0.1) is 0 Å². The van der Waals surface area contributed by atoms with E-state index in [4.69, 9.17) is 10.5 Å². The molecule has 1 aromatic heterocycles. The molecule has 1 saturated heterocycles. The summed E-state index contributed by atoms with van der Waals surface area (Å²) in [6.07, 6.45) is 2.36. The van der Waals surface area contributed by atoms with Crippen LogP contribution >= 0.6 is 12.4 Å². The molecule has 0 spiro atoms. The Balaban J connectivity index is 0.00000220. The van der Waals surface area contributed by atoms with Gasteiger partial charge in [0, 0.05) is 30.9 Å². The van der Waals surface area contributed by atoms with E-state index < -0.39 is 5.60 Å². The van der Waals surface area contributed by atoms with Crippen LogP contribution in [0.5, 0.6) is 0 Å². The fourth-order valence-corrected chi connectivity index (χ4v) is 2.23. The van der Waals surface area contributed by atoms with Gasteiger partial charge in [0.25, 0.3) is 0 Å². The summed E-state index contributed by atoms with van der Waals surface area (Å²) in [5, 5.41) is 0. The van der Waals surface area contributed by atoms with E-state index in [1.165, 1.54) is 0 Å². The number of rotatable bonds is 2. The van der Waals surface area contributed by atoms with Gasteiger partial charge in [-0.25, -0.2) is 14.8 Å². The van der Waals surface area contributed by atoms with E-state index in [2.05, 4.69) is 9.97 Å². The first-order valence-corrected chi connectivity index (χ1v) is 6.89. The molecule has 1 aromatic rings. The van der Waals surface area contributed by atoms with Crippen molar-refractivity contribution in [3.05, 3.63) is 23.8 Å². The van der Waals surface area contributed by atoms with Crippen LogP contribution in [0.3, 0.4) is 0 Å². The van der Waals surface area contributed by atoms with Crippen molar-refractivity contribution in [2.45, 2.75) is 45.3 Å². The van der Waals surface area contributed by atoms with Crippen LogP contribution in [0.25, 0.3) is 0 Å². The lowest BCUT2D eigenvalue weighted by Crippen LogP contribution is -2.35. The van der Waals surface area contributed by atoms with Crippen molar-refractivity contribution >= 4 is 18.5 Å². The largest absolute Gasteiger partial charge is 0.444 e. The highest BCUT2D eigenvalue weighted by molar-refractivity contribution is 5.85. The second-order valence-corrected chi connectivity index (χ2v) is 6.01. The normalized spacial score (nSPS) is 18.3. The van der Waals surface area contributed by atoms with E-state index in [0.717, 1.165) is 12.1 Å². The summed E-state index contributed by atoms with van der Waals surface area (Å²) >= 11 is 0. The van der Waals surface area contributed by atoms with Gasteiger partial charge in [-0.05, 0) is 33.3 Å². The summed E-state index contributed by atoms with van der Waals surface area (Å²) in [5.74, 6) is 0.869. The van der Waals surface area contributed by atoms with Crippen LogP contribution in [-0.2, 0) is 11.3 Å². The number of amides is 1. The van der Waals surface area contributed by atoms with Gasteiger partial charge in [0.2, 0.25) is 0 Å². The fourth-order valence-electron chi connectivity index (χ4n) is 2.23. The number of hydrogen-bond acceptors (Lipinski definition) is 5. The molecular weight excluding hydrogens is 292 g/mol. The van der Waals surface area contributed by atoms with Crippen molar-refractivity contribution in [1.82, 2.24) is 14.9 Å². The van der Waals surface area contributed by atoms with Crippen molar-refractivity contribution in [3.8, 4) is 0 Å². The van der Waals surface area contributed by atoms with Crippen LogP contribution in [0.2, 0.25) is 0 Å². The van der Waals surface area contributed by atoms with E-state index >= 15 is 0 Å². The summed E-state index contributed by atoms with van der Waals surface area (Å²) in [6, 6.07) is 1.89. The maximum Gasteiger partial charge on any atom is 0.410 e. The monoisotopic (exact) mass is 314 g/mol. The summed E-state index contributed by atoms with van der Waals surface area (Å²) in [7, 11) is 0. The van der Waals surface area contributed by atoms with Gasteiger partial charge in [0.05, 0.1) is 6.54 Å². The van der Waals surface area contributed by atoms with Crippen LogP contribution in [-0.4, -0.2) is 39.7 Å². The van der Waals surface area contributed by atoms with Gasteiger partial charge in [-0.3, -0.25) is 0 Å². The molecule has 2 N–H and O–H groups in total. The summed E-state index contributed by atoms with van der Waals surface area (Å²) < 4.78 is 5.38. The van der Waals surface area contributed by atoms with Gasteiger partial charge in [-0.1, -0.05) is 0 Å². The molecule has 118 valence electrons. The van der Waals surface area contributed by atoms with E-state index in [1.807, 2.05) is 26.8 Å². The van der Waals surface area contributed by atoms with Gasteiger partial charge >= 0.3 is 6.09 Å². The molecule has 1 aliphatic rings. The van der Waals surface area contributed by atoms with Gasteiger partial charge < -0.3 is 15.4 Å². The number of likely N-dealkylation sites (tertiary alicyclic amines) is 1. The molecule has 7 heteroatoms. The molecule has 0 saturated carbocycles.